The number of carbonyl (C=O) groups is 2. The molecule has 7 heteroatoms. The van der Waals surface area contributed by atoms with E-state index in [2.05, 4.69) is 4.99 Å². The number of hydrogen-bond donors (Lipinski definition) is 0. The molecule has 2 aromatic rings. The number of aliphatic imine (C=N–C) groups is 1. The number of rotatable bonds is 7. The summed E-state index contributed by atoms with van der Waals surface area (Å²) < 4.78 is 15.4. The van der Waals surface area contributed by atoms with E-state index in [-0.39, 0.29) is 17.6 Å². The van der Waals surface area contributed by atoms with Crippen molar-refractivity contribution in [2.24, 2.45) is 4.99 Å². The van der Waals surface area contributed by atoms with Crippen molar-refractivity contribution in [3.05, 3.63) is 65.4 Å². The molecule has 2 aromatic carbocycles. The molecule has 0 aliphatic carbocycles. The highest BCUT2D eigenvalue weighted by Gasteiger charge is 2.24. The lowest BCUT2D eigenvalue weighted by Crippen LogP contribution is -2.23. The molecule has 3 rings (SSSR count). The number of cyclic esters (lactones) is 1. The molecular weight excluding hydrogens is 372 g/mol. The van der Waals surface area contributed by atoms with Crippen LogP contribution in [0.15, 0.2) is 59.2 Å². The van der Waals surface area contributed by atoms with Crippen LogP contribution in [-0.4, -0.2) is 45.1 Å². The molecule has 0 saturated carbocycles. The third-order valence-corrected chi connectivity index (χ3v) is 4.33. The van der Waals surface area contributed by atoms with Crippen molar-refractivity contribution >= 4 is 29.6 Å². The minimum absolute atomic E-state index is 0.242. The molecule has 1 aliphatic rings. The third-order valence-electron chi connectivity index (χ3n) is 4.33. The van der Waals surface area contributed by atoms with Gasteiger partial charge in [0.15, 0.2) is 5.70 Å². The van der Waals surface area contributed by atoms with Crippen LogP contribution in [0.5, 0.6) is 5.75 Å². The van der Waals surface area contributed by atoms with E-state index in [1.54, 1.807) is 37.5 Å². The summed E-state index contributed by atoms with van der Waals surface area (Å²) in [4.78, 5) is 29.3. The maximum Gasteiger partial charge on any atom is 0.363 e. The molecular formula is C22H22N2O5. The van der Waals surface area contributed by atoms with Crippen LogP contribution in [0.2, 0.25) is 0 Å². The van der Waals surface area contributed by atoms with Crippen molar-refractivity contribution in [2.45, 2.75) is 6.92 Å². The standard InChI is InChI=1S/C22H22N2O5/c1-15(25)28-13-12-24(2)18-8-4-16(5-9-18)14-20-22(26)29-21(23-20)17-6-10-19(27-3)11-7-17/h4-11,14H,12-13H2,1-3H3/b20-14-. The van der Waals surface area contributed by atoms with Gasteiger partial charge >= 0.3 is 11.9 Å². The van der Waals surface area contributed by atoms with Crippen LogP contribution in [0.4, 0.5) is 5.69 Å². The lowest BCUT2D eigenvalue weighted by molar-refractivity contribution is -0.140. The van der Waals surface area contributed by atoms with E-state index in [1.165, 1.54) is 6.92 Å². The van der Waals surface area contributed by atoms with Gasteiger partial charge in [-0.2, -0.15) is 0 Å². The van der Waals surface area contributed by atoms with E-state index in [9.17, 15) is 9.59 Å². The fraction of sp³-hybridized carbons (Fsp3) is 0.227. The Morgan fingerprint density at radius 2 is 1.83 bits per heavy atom. The molecule has 0 fully saturated rings. The van der Waals surface area contributed by atoms with Crippen LogP contribution in [0.25, 0.3) is 6.08 Å². The van der Waals surface area contributed by atoms with E-state index in [1.807, 2.05) is 36.2 Å². The summed E-state index contributed by atoms with van der Waals surface area (Å²) in [5.74, 6) is 0.204. The smallest absolute Gasteiger partial charge is 0.363 e. The van der Waals surface area contributed by atoms with Gasteiger partial charge in [-0.05, 0) is 48.0 Å². The average molecular weight is 394 g/mol. The first kappa shape index (κ1) is 20.1. The van der Waals surface area contributed by atoms with Gasteiger partial charge < -0.3 is 19.1 Å². The first-order valence-corrected chi connectivity index (χ1v) is 9.08. The highest BCUT2D eigenvalue weighted by molar-refractivity contribution is 6.12. The van der Waals surface area contributed by atoms with Gasteiger partial charge in [0.2, 0.25) is 5.90 Å². The zero-order valence-corrected chi connectivity index (χ0v) is 16.5. The maximum atomic E-state index is 12.2. The van der Waals surface area contributed by atoms with E-state index < -0.39 is 5.97 Å². The number of ether oxygens (including phenoxy) is 3. The molecule has 0 bridgehead atoms. The van der Waals surface area contributed by atoms with Crippen LogP contribution in [0, 0.1) is 0 Å². The number of nitrogens with zero attached hydrogens (tertiary/aromatic N) is 2. The maximum absolute atomic E-state index is 12.2. The Bertz CT molecular complexity index is 946. The lowest BCUT2D eigenvalue weighted by atomic mass is 10.1. The average Bonchev–Trinajstić information content (AvgIpc) is 3.08. The van der Waals surface area contributed by atoms with Gasteiger partial charge in [0, 0.05) is 25.2 Å². The minimum atomic E-state index is -0.488. The number of esters is 2. The number of hydrogen-bond acceptors (Lipinski definition) is 7. The second kappa shape index (κ2) is 9.05. The summed E-state index contributed by atoms with van der Waals surface area (Å²) in [5, 5.41) is 0. The monoisotopic (exact) mass is 394 g/mol. The first-order chi connectivity index (χ1) is 14.0. The Balaban J connectivity index is 1.69. The summed E-state index contributed by atoms with van der Waals surface area (Å²) in [6.07, 6.45) is 1.68. The van der Waals surface area contributed by atoms with Gasteiger partial charge in [-0.1, -0.05) is 12.1 Å². The van der Waals surface area contributed by atoms with Crippen LogP contribution >= 0.6 is 0 Å². The van der Waals surface area contributed by atoms with Crippen LogP contribution in [0.3, 0.4) is 0 Å². The van der Waals surface area contributed by atoms with E-state index in [4.69, 9.17) is 14.2 Å². The number of likely N-dealkylation sites (N-methyl/N-ethyl adjacent to an activating group) is 1. The minimum Gasteiger partial charge on any atom is -0.497 e. The van der Waals surface area contributed by atoms with Gasteiger partial charge in [0.1, 0.15) is 12.4 Å². The molecule has 0 saturated heterocycles. The molecule has 0 N–H and O–H groups in total. The number of benzene rings is 2. The molecule has 0 aromatic heterocycles. The summed E-state index contributed by atoms with van der Waals surface area (Å²) in [6.45, 7) is 2.30. The Kier molecular flexibility index (Phi) is 6.29. The lowest BCUT2D eigenvalue weighted by Gasteiger charge is -2.19. The van der Waals surface area contributed by atoms with E-state index in [0.29, 0.717) is 24.5 Å². The summed E-state index contributed by atoms with van der Waals surface area (Å²) in [6, 6.07) is 14.8. The molecule has 0 spiro atoms. The predicted octanol–water partition coefficient (Wildman–Crippen LogP) is 3.04. The zero-order valence-electron chi connectivity index (χ0n) is 16.5. The summed E-state index contributed by atoms with van der Waals surface area (Å²) >= 11 is 0. The summed E-state index contributed by atoms with van der Waals surface area (Å²) in [7, 11) is 3.50. The highest BCUT2D eigenvalue weighted by Crippen LogP contribution is 2.22. The normalized spacial score (nSPS) is 14.4. The second-order valence-electron chi connectivity index (χ2n) is 6.42. The van der Waals surface area contributed by atoms with Crippen molar-refractivity contribution in [2.75, 3.05) is 32.2 Å². The number of methoxy groups -OCH3 is 1. The summed E-state index contributed by atoms with van der Waals surface area (Å²) in [5.41, 5.74) is 2.74. The van der Waals surface area contributed by atoms with E-state index in [0.717, 1.165) is 11.3 Å². The molecule has 0 atom stereocenters. The van der Waals surface area contributed by atoms with Gasteiger partial charge in [-0.15, -0.1) is 0 Å². The number of anilines is 1. The molecule has 1 aliphatic heterocycles. The molecule has 29 heavy (non-hydrogen) atoms. The largest absolute Gasteiger partial charge is 0.497 e. The predicted molar refractivity (Wildman–Crippen MR) is 110 cm³/mol. The van der Waals surface area contributed by atoms with Crippen molar-refractivity contribution in [3.8, 4) is 5.75 Å². The quantitative estimate of drug-likeness (QED) is 0.531. The number of carbonyl (C=O) groups excluding carboxylic acids is 2. The van der Waals surface area contributed by atoms with Gasteiger partial charge in [0.25, 0.3) is 0 Å². The molecule has 0 unspecified atom stereocenters. The molecule has 0 radical (unpaired) electrons. The van der Waals surface area contributed by atoms with Crippen molar-refractivity contribution in [3.63, 3.8) is 0 Å². The fourth-order valence-corrected chi connectivity index (χ4v) is 2.70. The van der Waals surface area contributed by atoms with Crippen LogP contribution in [-0.2, 0) is 19.1 Å². The third kappa shape index (κ3) is 5.22. The van der Waals surface area contributed by atoms with Crippen LogP contribution in [0.1, 0.15) is 18.1 Å². The second-order valence-corrected chi connectivity index (χ2v) is 6.42. The zero-order chi connectivity index (χ0) is 20.8. The molecule has 0 amide bonds. The topological polar surface area (TPSA) is 77.4 Å². The van der Waals surface area contributed by atoms with Gasteiger partial charge in [-0.25, -0.2) is 9.79 Å². The molecule has 1 heterocycles. The van der Waals surface area contributed by atoms with Crippen molar-refractivity contribution < 1.29 is 23.8 Å². The SMILES string of the molecule is COc1ccc(C2=N/C(=C\c3ccc(N(C)CCOC(C)=O)cc3)C(=O)O2)cc1. The van der Waals surface area contributed by atoms with Gasteiger partial charge in [0.05, 0.1) is 13.7 Å². The van der Waals surface area contributed by atoms with E-state index >= 15 is 0 Å². The highest BCUT2D eigenvalue weighted by atomic mass is 16.6. The van der Waals surface area contributed by atoms with Crippen molar-refractivity contribution in [1.82, 2.24) is 0 Å². The van der Waals surface area contributed by atoms with Crippen LogP contribution < -0.4 is 9.64 Å². The van der Waals surface area contributed by atoms with Crippen molar-refractivity contribution in [1.29, 1.82) is 0 Å². The molecule has 7 nitrogen and oxygen atoms in total. The Morgan fingerprint density at radius 3 is 2.45 bits per heavy atom. The van der Waals surface area contributed by atoms with Gasteiger partial charge in [-0.3, -0.25) is 4.79 Å². The first-order valence-electron chi connectivity index (χ1n) is 9.08. The molecule has 150 valence electrons. The fourth-order valence-electron chi connectivity index (χ4n) is 2.70. The Hall–Kier alpha value is -3.61. The Morgan fingerprint density at radius 1 is 1.14 bits per heavy atom. The Labute approximate surface area is 169 Å².